The van der Waals surface area contributed by atoms with Crippen molar-refractivity contribution in [2.75, 3.05) is 0 Å². The molecule has 0 aliphatic heterocycles. The van der Waals surface area contributed by atoms with Gasteiger partial charge in [-0.3, -0.25) is 14.4 Å². The van der Waals surface area contributed by atoms with Gasteiger partial charge in [0.15, 0.2) is 0 Å². The van der Waals surface area contributed by atoms with E-state index in [0.717, 1.165) is 0 Å². The molecule has 2 atom stereocenters. The lowest BCUT2D eigenvalue weighted by Crippen LogP contribution is -2.52. The fourth-order valence-corrected chi connectivity index (χ4v) is 1.79. The Labute approximate surface area is 120 Å². The average molecular weight is 283 g/mol. The quantitative estimate of drug-likeness (QED) is 0.536. The van der Waals surface area contributed by atoms with E-state index >= 15 is 0 Å². The van der Waals surface area contributed by atoms with E-state index in [1.165, 1.54) is 6.92 Å². The van der Waals surface area contributed by atoms with Gasteiger partial charge < -0.3 is 16.4 Å². The summed E-state index contributed by atoms with van der Waals surface area (Å²) in [6, 6.07) is -1.40. The highest BCUT2D eigenvalue weighted by Crippen LogP contribution is 2.06. The molecular formula is C14H25N3O3. The van der Waals surface area contributed by atoms with Crippen LogP contribution in [0.1, 0.15) is 40.0 Å². The van der Waals surface area contributed by atoms with E-state index in [-0.39, 0.29) is 17.7 Å². The van der Waals surface area contributed by atoms with Crippen LogP contribution in [-0.2, 0) is 14.4 Å². The Balaban J connectivity index is 4.72. The highest BCUT2D eigenvalue weighted by Gasteiger charge is 2.25. The van der Waals surface area contributed by atoms with Gasteiger partial charge in [0.25, 0.3) is 0 Å². The molecule has 0 saturated carbocycles. The van der Waals surface area contributed by atoms with Crippen molar-refractivity contribution in [2.45, 2.75) is 52.1 Å². The van der Waals surface area contributed by atoms with Gasteiger partial charge >= 0.3 is 0 Å². The second-order valence-corrected chi connectivity index (χ2v) is 5.21. The number of nitrogens with two attached hydrogens (primary N) is 1. The predicted molar refractivity (Wildman–Crippen MR) is 77.6 cm³/mol. The minimum atomic E-state index is -0.746. The average Bonchev–Trinajstić information content (AvgIpc) is 2.31. The molecule has 0 aromatic rings. The minimum Gasteiger partial charge on any atom is -0.368 e. The summed E-state index contributed by atoms with van der Waals surface area (Å²) in [5, 5.41) is 5.17. The first kappa shape index (κ1) is 18.1. The molecule has 0 bridgehead atoms. The lowest BCUT2D eigenvalue weighted by atomic mass is 10.0. The molecular weight excluding hydrogens is 258 g/mol. The molecule has 0 unspecified atom stereocenters. The van der Waals surface area contributed by atoms with Crippen molar-refractivity contribution in [3.05, 3.63) is 12.7 Å². The van der Waals surface area contributed by atoms with Gasteiger partial charge in [0, 0.05) is 6.92 Å². The number of hydrogen-bond donors (Lipinski definition) is 3. The summed E-state index contributed by atoms with van der Waals surface area (Å²) in [6.07, 6.45) is 3.13. The summed E-state index contributed by atoms with van der Waals surface area (Å²) in [7, 11) is 0. The molecule has 0 spiro atoms. The minimum absolute atomic E-state index is 0.234. The second-order valence-electron chi connectivity index (χ2n) is 5.21. The first-order valence-corrected chi connectivity index (χ1v) is 6.75. The van der Waals surface area contributed by atoms with Gasteiger partial charge in [0.1, 0.15) is 12.1 Å². The first-order chi connectivity index (χ1) is 9.27. The van der Waals surface area contributed by atoms with Crippen LogP contribution in [0.5, 0.6) is 0 Å². The highest BCUT2D eigenvalue weighted by atomic mass is 16.2. The zero-order chi connectivity index (χ0) is 15.7. The molecule has 0 aromatic carbocycles. The van der Waals surface area contributed by atoms with Gasteiger partial charge in [-0.1, -0.05) is 19.9 Å². The van der Waals surface area contributed by atoms with Crippen molar-refractivity contribution >= 4 is 17.7 Å². The van der Waals surface area contributed by atoms with Crippen LogP contribution in [0, 0.1) is 5.92 Å². The molecule has 114 valence electrons. The number of nitrogens with one attached hydrogen (secondary N) is 2. The third kappa shape index (κ3) is 7.56. The molecule has 0 saturated heterocycles. The standard InChI is InChI=1S/C14H25N3O3/c1-5-6-7-11(13(15)19)17-14(20)12(8-9(2)3)16-10(4)18/h5,9,11-12H,1,6-8H2,2-4H3,(H2,15,19)(H,16,18)(H,17,20)/t11-,12+/m1/s1. The van der Waals surface area contributed by atoms with Crippen molar-refractivity contribution in [3.63, 3.8) is 0 Å². The van der Waals surface area contributed by atoms with E-state index in [1.807, 2.05) is 13.8 Å². The SMILES string of the molecule is C=CCC[C@@H](NC(=O)[C@H](CC(C)C)NC(C)=O)C(N)=O. The highest BCUT2D eigenvalue weighted by molar-refractivity contribution is 5.91. The summed E-state index contributed by atoms with van der Waals surface area (Å²) in [5.41, 5.74) is 5.25. The molecule has 6 heteroatoms. The maximum atomic E-state index is 12.1. The fourth-order valence-electron chi connectivity index (χ4n) is 1.79. The van der Waals surface area contributed by atoms with Crippen LogP contribution in [0.3, 0.4) is 0 Å². The third-order valence-electron chi connectivity index (χ3n) is 2.72. The van der Waals surface area contributed by atoms with Crippen LogP contribution < -0.4 is 16.4 Å². The number of primary amides is 1. The van der Waals surface area contributed by atoms with Crippen LogP contribution in [-0.4, -0.2) is 29.8 Å². The van der Waals surface area contributed by atoms with Crippen molar-refractivity contribution < 1.29 is 14.4 Å². The maximum absolute atomic E-state index is 12.1. The summed E-state index contributed by atoms with van der Waals surface area (Å²) in [4.78, 5) is 34.6. The molecule has 0 rings (SSSR count). The van der Waals surface area contributed by atoms with Gasteiger partial charge in [0.05, 0.1) is 0 Å². The van der Waals surface area contributed by atoms with Gasteiger partial charge in [0.2, 0.25) is 17.7 Å². The zero-order valence-electron chi connectivity index (χ0n) is 12.4. The molecule has 0 aliphatic carbocycles. The van der Waals surface area contributed by atoms with Gasteiger partial charge in [-0.2, -0.15) is 0 Å². The number of carbonyl (C=O) groups is 3. The van der Waals surface area contributed by atoms with E-state index in [2.05, 4.69) is 17.2 Å². The van der Waals surface area contributed by atoms with E-state index in [1.54, 1.807) is 6.08 Å². The number of allylic oxidation sites excluding steroid dienone is 1. The molecule has 3 amide bonds. The Morgan fingerprint density at radius 3 is 2.20 bits per heavy atom. The molecule has 0 aliphatic rings. The fraction of sp³-hybridized carbons (Fsp3) is 0.643. The zero-order valence-corrected chi connectivity index (χ0v) is 12.4. The van der Waals surface area contributed by atoms with E-state index < -0.39 is 18.0 Å². The van der Waals surface area contributed by atoms with Gasteiger partial charge in [-0.05, 0) is 25.2 Å². The van der Waals surface area contributed by atoms with Crippen LogP contribution in [0.15, 0.2) is 12.7 Å². The van der Waals surface area contributed by atoms with Crippen molar-refractivity contribution in [1.29, 1.82) is 0 Å². The lowest BCUT2D eigenvalue weighted by molar-refractivity contribution is -0.131. The smallest absolute Gasteiger partial charge is 0.243 e. The Kier molecular flexibility index (Phi) is 8.27. The van der Waals surface area contributed by atoms with Crippen molar-refractivity contribution in [1.82, 2.24) is 10.6 Å². The van der Waals surface area contributed by atoms with Crippen molar-refractivity contribution in [3.8, 4) is 0 Å². The monoisotopic (exact) mass is 283 g/mol. The van der Waals surface area contributed by atoms with Crippen molar-refractivity contribution in [2.24, 2.45) is 11.7 Å². The first-order valence-electron chi connectivity index (χ1n) is 6.75. The van der Waals surface area contributed by atoms with Crippen LogP contribution in [0.25, 0.3) is 0 Å². The molecule has 0 fully saturated rings. The Hall–Kier alpha value is -1.85. The third-order valence-corrected chi connectivity index (χ3v) is 2.72. The van der Waals surface area contributed by atoms with Gasteiger partial charge in [-0.15, -0.1) is 6.58 Å². The largest absolute Gasteiger partial charge is 0.368 e. The summed E-state index contributed by atoms with van der Waals surface area (Å²) in [6.45, 7) is 8.81. The van der Waals surface area contributed by atoms with Crippen LogP contribution in [0.2, 0.25) is 0 Å². The Bertz CT molecular complexity index is 367. The molecule has 0 radical (unpaired) electrons. The number of rotatable bonds is 9. The topological polar surface area (TPSA) is 101 Å². The van der Waals surface area contributed by atoms with E-state index in [0.29, 0.717) is 19.3 Å². The number of carbonyl (C=O) groups excluding carboxylic acids is 3. The van der Waals surface area contributed by atoms with E-state index in [4.69, 9.17) is 5.73 Å². The number of amides is 3. The maximum Gasteiger partial charge on any atom is 0.243 e. The van der Waals surface area contributed by atoms with E-state index in [9.17, 15) is 14.4 Å². The summed E-state index contributed by atoms with van der Waals surface area (Å²) < 4.78 is 0. The molecule has 6 nitrogen and oxygen atoms in total. The predicted octanol–water partition coefficient (Wildman–Crippen LogP) is 0.474. The summed E-state index contributed by atoms with van der Waals surface area (Å²) >= 11 is 0. The summed E-state index contributed by atoms with van der Waals surface area (Å²) in [5.74, 6) is -1.03. The van der Waals surface area contributed by atoms with Gasteiger partial charge in [-0.25, -0.2) is 0 Å². The van der Waals surface area contributed by atoms with Crippen LogP contribution in [0.4, 0.5) is 0 Å². The normalized spacial score (nSPS) is 13.4. The number of hydrogen-bond acceptors (Lipinski definition) is 3. The molecule has 20 heavy (non-hydrogen) atoms. The second kappa shape index (κ2) is 9.12. The molecule has 0 aromatic heterocycles. The molecule has 0 heterocycles. The lowest BCUT2D eigenvalue weighted by Gasteiger charge is -2.22. The Morgan fingerprint density at radius 1 is 1.20 bits per heavy atom. The molecule has 4 N–H and O–H groups in total. The van der Waals surface area contributed by atoms with Crippen LogP contribution >= 0.6 is 0 Å². The Morgan fingerprint density at radius 2 is 1.80 bits per heavy atom.